The maximum absolute atomic E-state index is 5.79. The summed E-state index contributed by atoms with van der Waals surface area (Å²) in [6.45, 7) is 1.21. The van der Waals surface area contributed by atoms with E-state index in [1.54, 1.807) is 11.3 Å². The summed E-state index contributed by atoms with van der Waals surface area (Å²) < 4.78 is 6.77. The van der Waals surface area contributed by atoms with Crippen molar-refractivity contribution in [1.29, 1.82) is 0 Å². The molecule has 0 spiro atoms. The summed E-state index contributed by atoms with van der Waals surface area (Å²) in [5.74, 6) is 1.13. The minimum Gasteiger partial charge on any atom is -0.492 e. The average Bonchev–Trinajstić information content (AvgIpc) is 2.86. The highest BCUT2D eigenvalue weighted by atomic mass is 79.9. The molecule has 17 heavy (non-hydrogen) atoms. The quantitative estimate of drug-likeness (QED) is 0.915. The minimum atomic E-state index is 0.266. The molecule has 1 unspecified atom stereocenters. The molecular formula is C13H14BrNOS. The van der Waals surface area contributed by atoms with Gasteiger partial charge in [0.2, 0.25) is 0 Å². The molecule has 0 saturated carbocycles. The van der Waals surface area contributed by atoms with E-state index in [1.165, 1.54) is 4.88 Å². The topological polar surface area (TPSA) is 35.2 Å². The van der Waals surface area contributed by atoms with Gasteiger partial charge in [0.15, 0.2) is 0 Å². The Morgan fingerprint density at radius 3 is 2.71 bits per heavy atom. The first-order valence-electron chi connectivity index (χ1n) is 5.42. The maximum atomic E-state index is 5.79. The van der Waals surface area contributed by atoms with Crippen molar-refractivity contribution in [2.24, 2.45) is 5.73 Å². The van der Waals surface area contributed by atoms with Crippen LogP contribution >= 0.6 is 27.3 Å². The first-order valence-corrected chi connectivity index (χ1v) is 7.09. The zero-order valence-electron chi connectivity index (χ0n) is 9.30. The second-order valence-corrected chi connectivity index (χ2v) is 5.52. The Kier molecular flexibility index (Phi) is 4.59. The van der Waals surface area contributed by atoms with E-state index in [0.717, 1.165) is 10.2 Å². The number of thiophene rings is 1. The zero-order valence-corrected chi connectivity index (χ0v) is 11.7. The zero-order chi connectivity index (χ0) is 12.1. The lowest BCUT2D eigenvalue weighted by molar-refractivity contribution is 0.290. The lowest BCUT2D eigenvalue weighted by Crippen LogP contribution is -2.18. The molecule has 0 amide bonds. The van der Waals surface area contributed by atoms with E-state index in [4.69, 9.17) is 10.5 Å². The predicted octanol–water partition coefficient (Wildman–Crippen LogP) is 3.63. The van der Waals surface area contributed by atoms with Gasteiger partial charge in [-0.1, -0.05) is 18.2 Å². The van der Waals surface area contributed by atoms with Gasteiger partial charge in [0, 0.05) is 17.3 Å². The van der Waals surface area contributed by atoms with E-state index in [0.29, 0.717) is 13.2 Å². The van der Waals surface area contributed by atoms with Gasteiger partial charge in [-0.2, -0.15) is 0 Å². The smallest absolute Gasteiger partial charge is 0.133 e. The number of hydrogen-bond donors (Lipinski definition) is 1. The molecule has 0 bridgehead atoms. The second-order valence-electron chi connectivity index (χ2n) is 3.69. The van der Waals surface area contributed by atoms with Crippen LogP contribution in [0.2, 0.25) is 0 Å². The van der Waals surface area contributed by atoms with E-state index in [9.17, 15) is 0 Å². The Balaban J connectivity index is 2.00. The van der Waals surface area contributed by atoms with Gasteiger partial charge in [-0.25, -0.2) is 0 Å². The molecule has 90 valence electrons. The van der Waals surface area contributed by atoms with Crippen molar-refractivity contribution in [2.75, 3.05) is 13.2 Å². The molecule has 2 aromatic rings. The second kappa shape index (κ2) is 6.19. The van der Waals surface area contributed by atoms with Crippen LogP contribution in [-0.2, 0) is 0 Å². The fourth-order valence-electron chi connectivity index (χ4n) is 1.54. The standard InChI is InChI=1S/C13H14BrNOS/c14-11-4-1-2-5-12(11)16-9-10(8-15)13-6-3-7-17-13/h1-7,10H,8-9,15H2. The Morgan fingerprint density at radius 2 is 2.06 bits per heavy atom. The molecule has 2 rings (SSSR count). The molecule has 0 fully saturated rings. The molecule has 1 aromatic carbocycles. The fourth-order valence-corrected chi connectivity index (χ4v) is 2.77. The summed E-state index contributed by atoms with van der Waals surface area (Å²) in [6, 6.07) is 12.0. The molecule has 2 N–H and O–H groups in total. The highest BCUT2D eigenvalue weighted by Crippen LogP contribution is 2.26. The van der Waals surface area contributed by atoms with Crippen molar-refractivity contribution in [1.82, 2.24) is 0 Å². The molecule has 0 saturated heterocycles. The number of para-hydroxylation sites is 1. The van der Waals surface area contributed by atoms with Crippen LogP contribution in [0.25, 0.3) is 0 Å². The molecule has 2 nitrogen and oxygen atoms in total. The summed E-state index contributed by atoms with van der Waals surface area (Å²) in [4.78, 5) is 1.28. The van der Waals surface area contributed by atoms with Crippen molar-refractivity contribution in [3.63, 3.8) is 0 Å². The highest BCUT2D eigenvalue weighted by Gasteiger charge is 2.12. The summed E-state index contributed by atoms with van der Waals surface area (Å²) in [7, 11) is 0. The normalized spacial score (nSPS) is 12.4. The SMILES string of the molecule is NCC(COc1ccccc1Br)c1cccs1. The maximum Gasteiger partial charge on any atom is 0.133 e. The summed E-state index contributed by atoms with van der Waals surface area (Å²) >= 11 is 5.19. The fraction of sp³-hybridized carbons (Fsp3) is 0.231. The molecule has 1 heterocycles. The van der Waals surface area contributed by atoms with Gasteiger partial charge in [0.05, 0.1) is 11.1 Å². The Bertz CT molecular complexity index is 458. The van der Waals surface area contributed by atoms with Crippen molar-refractivity contribution in [3.05, 3.63) is 51.1 Å². The van der Waals surface area contributed by atoms with Crippen molar-refractivity contribution in [3.8, 4) is 5.75 Å². The van der Waals surface area contributed by atoms with Crippen LogP contribution in [-0.4, -0.2) is 13.2 Å². The van der Waals surface area contributed by atoms with Crippen LogP contribution in [0, 0.1) is 0 Å². The number of hydrogen-bond acceptors (Lipinski definition) is 3. The molecule has 1 aromatic heterocycles. The average molecular weight is 312 g/mol. The Morgan fingerprint density at radius 1 is 1.24 bits per heavy atom. The van der Waals surface area contributed by atoms with Crippen LogP contribution in [0.15, 0.2) is 46.3 Å². The van der Waals surface area contributed by atoms with E-state index in [1.807, 2.05) is 30.3 Å². The van der Waals surface area contributed by atoms with Gasteiger partial charge in [0.1, 0.15) is 5.75 Å². The van der Waals surface area contributed by atoms with Gasteiger partial charge >= 0.3 is 0 Å². The van der Waals surface area contributed by atoms with Crippen molar-refractivity contribution in [2.45, 2.75) is 5.92 Å². The first kappa shape index (κ1) is 12.6. The molecule has 0 aliphatic rings. The van der Waals surface area contributed by atoms with Gasteiger partial charge in [-0.15, -0.1) is 11.3 Å². The van der Waals surface area contributed by atoms with Crippen molar-refractivity contribution >= 4 is 27.3 Å². The van der Waals surface area contributed by atoms with E-state index >= 15 is 0 Å². The third-order valence-electron chi connectivity index (χ3n) is 2.51. The Hall–Kier alpha value is -0.840. The molecule has 0 radical (unpaired) electrons. The van der Waals surface area contributed by atoms with Gasteiger partial charge < -0.3 is 10.5 Å². The van der Waals surface area contributed by atoms with Gasteiger partial charge in [-0.05, 0) is 39.5 Å². The lowest BCUT2D eigenvalue weighted by Gasteiger charge is -2.15. The van der Waals surface area contributed by atoms with Crippen molar-refractivity contribution < 1.29 is 4.74 Å². The minimum absolute atomic E-state index is 0.266. The number of nitrogens with two attached hydrogens (primary N) is 1. The van der Waals surface area contributed by atoms with E-state index in [2.05, 4.69) is 27.4 Å². The molecule has 0 aliphatic carbocycles. The van der Waals surface area contributed by atoms with E-state index in [-0.39, 0.29) is 5.92 Å². The molecular weight excluding hydrogens is 298 g/mol. The monoisotopic (exact) mass is 311 g/mol. The summed E-state index contributed by atoms with van der Waals surface area (Å²) in [5.41, 5.74) is 5.78. The molecule has 0 aliphatic heterocycles. The van der Waals surface area contributed by atoms with Crippen LogP contribution < -0.4 is 10.5 Å². The molecule has 1 atom stereocenters. The predicted molar refractivity (Wildman–Crippen MR) is 75.8 cm³/mol. The summed E-state index contributed by atoms with van der Waals surface area (Å²) in [5, 5.41) is 2.07. The van der Waals surface area contributed by atoms with Crippen LogP contribution in [0.3, 0.4) is 0 Å². The van der Waals surface area contributed by atoms with Gasteiger partial charge in [-0.3, -0.25) is 0 Å². The summed E-state index contributed by atoms with van der Waals surface area (Å²) in [6.07, 6.45) is 0. The number of rotatable bonds is 5. The number of ether oxygens (including phenoxy) is 1. The number of benzene rings is 1. The lowest BCUT2D eigenvalue weighted by atomic mass is 10.1. The third-order valence-corrected chi connectivity index (χ3v) is 4.20. The van der Waals surface area contributed by atoms with Crippen LogP contribution in [0.5, 0.6) is 5.75 Å². The third kappa shape index (κ3) is 3.31. The largest absolute Gasteiger partial charge is 0.492 e. The first-order chi connectivity index (χ1) is 8.31. The van der Waals surface area contributed by atoms with Crippen LogP contribution in [0.1, 0.15) is 10.8 Å². The Labute approximate surface area is 114 Å². The highest BCUT2D eigenvalue weighted by molar-refractivity contribution is 9.10. The van der Waals surface area contributed by atoms with Gasteiger partial charge in [0.25, 0.3) is 0 Å². The van der Waals surface area contributed by atoms with E-state index < -0.39 is 0 Å². The van der Waals surface area contributed by atoms with Crippen LogP contribution in [0.4, 0.5) is 0 Å². The number of halogens is 1. The molecule has 4 heteroatoms.